The van der Waals surface area contributed by atoms with Crippen LogP contribution in [-0.2, 0) is 14.3 Å². The molecule has 1 unspecified atom stereocenters. The Kier molecular flexibility index (Phi) is 5.03. The van der Waals surface area contributed by atoms with Crippen molar-refractivity contribution in [1.29, 1.82) is 0 Å². The molecule has 0 aromatic heterocycles. The fourth-order valence-corrected chi connectivity index (χ4v) is 3.15. The Bertz CT molecular complexity index is 418. The summed E-state index contributed by atoms with van der Waals surface area (Å²) in [7, 11) is 1.31. The highest BCUT2D eigenvalue weighted by Crippen LogP contribution is 2.31. The second kappa shape index (κ2) is 6.78. The summed E-state index contributed by atoms with van der Waals surface area (Å²) in [5.74, 6) is -1.05. The Morgan fingerprint density at radius 1 is 1.10 bits per heavy atom. The van der Waals surface area contributed by atoms with Crippen LogP contribution in [0.25, 0.3) is 0 Å². The summed E-state index contributed by atoms with van der Waals surface area (Å²) in [4.78, 5) is 36.2. The summed E-state index contributed by atoms with van der Waals surface area (Å²) in [6, 6.07) is -0.0586. The molecule has 7 heteroatoms. The molecule has 118 valence electrons. The summed E-state index contributed by atoms with van der Waals surface area (Å²) in [5.41, 5.74) is 0. The molecule has 21 heavy (non-hydrogen) atoms. The maximum atomic E-state index is 12.4. The highest BCUT2D eigenvalue weighted by atomic mass is 16.5. The second-order valence-electron chi connectivity index (χ2n) is 5.79. The lowest BCUT2D eigenvalue weighted by molar-refractivity contribution is -0.145. The molecule has 0 spiro atoms. The largest absolute Gasteiger partial charge is 0.481 e. The van der Waals surface area contributed by atoms with Gasteiger partial charge in [-0.2, -0.15) is 0 Å². The van der Waals surface area contributed by atoms with Crippen LogP contribution >= 0.6 is 0 Å². The number of nitrogens with one attached hydrogen (secondary N) is 1. The van der Waals surface area contributed by atoms with Crippen LogP contribution in [-0.4, -0.2) is 54.2 Å². The van der Waals surface area contributed by atoms with Crippen molar-refractivity contribution in [3.05, 3.63) is 0 Å². The van der Waals surface area contributed by atoms with E-state index in [2.05, 4.69) is 10.1 Å². The van der Waals surface area contributed by atoms with Gasteiger partial charge in [-0.3, -0.25) is 9.59 Å². The average Bonchev–Trinajstić information content (AvgIpc) is 2.94. The summed E-state index contributed by atoms with van der Waals surface area (Å²) >= 11 is 0. The third kappa shape index (κ3) is 3.86. The standard InChI is InChI=1S/C14H22N2O5/c1-21-14(20)15-11-6-7-16(8-11)12(17)9-2-4-10(5-3-9)13(18)19/h9-11H,2-8H2,1H3,(H,15,20)(H,18,19). The van der Waals surface area contributed by atoms with E-state index in [9.17, 15) is 14.4 Å². The fraction of sp³-hybridized carbons (Fsp3) is 0.786. The van der Waals surface area contributed by atoms with Gasteiger partial charge >= 0.3 is 12.1 Å². The summed E-state index contributed by atoms with van der Waals surface area (Å²) < 4.78 is 4.55. The zero-order valence-electron chi connectivity index (χ0n) is 12.2. The molecular formula is C14H22N2O5. The first-order valence-corrected chi connectivity index (χ1v) is 7.37. The average molecular weight is 298 g/mol. The van der Waals surface area contributed by atoms with Crippen LogP contribution in [0.5, 0.6) is 0 Å². The predicted molar refractivity (Wildman–Crippen MR) is 73.6 cm³/mol. The first-order valence-electron chi connectivity index (χ1n) is 7.37. The van der Waals surface area contributed by atoms with Crippen LogP contribution < -0.4 is 5.32 Å². The quantitative estimate of drug-likeness (QED) is 0.804. The molecule has 2 rings (SSSR count). The van der Waals surface area contributed by atoms with Gasteiger partial charge in [0.2, 0.25) is 5.91 Å². The van der Waals surface area contributed by atoms with E-state index >= 15 is 0 Å². The van der Waals surface area contributed by atoms with Gasteiger partial charge < -0.3 is 20.1 Å². The van der Waals surface area contributed by atoms with Crippen molar-refractivity contribution >= 4 is 18.0 Å². The van der Waals surface area contributed by atoms with Crippen LogP contribution in [0.1, 0.15) is 32.1 Å². The van der Waals surface area contributed by atoms with Crippen LogP contribution in [0.15, 0.2) is 0 Å². The zero-order valence-corrected chi connectivity index (χ0v) is 12.2. The van der Waals surface area contributed by atoms with E-state index in [4.69, 9.17) is 5.11 Å². The number of rotatable bonds is 3. The van der Waals surface area contributed by atoms with E-state index in [0.29, 0.717) is 38.8 Å². The van der Waals surface area contributed by atoms with Crippen molar-refractivity contribution in [2.24, 2.45) is 11.8 Å². The minimum absolute atomic E-state index is 0.0586. The molecule has 1 heterocycles. The molecule has 1 saturated heterocycles. The molecule has 0 aromatic carbocycles. The number of nitrogens with zero attached hydrogens (tertiary/aromatic N) is 1. The van der Waals surface area contributed by atoms with E-state index in [1.165, 1.54) is 7.11 Å². The maximum Gasteiger partial charge on any atom is 0.407 e. The van der Waals surface area contributed by atoms with Gasteiger partial charge in [-0.25, -0.2) is 4.79 Å². The van der Waals surface area contributed by atoms with Crippen molar-refractivity contribution in [3.8, 4) is 0 Å². The molecule has 7 nitrogen and oxygen atoms in total. The van der Waals surface area contributed by atoms with Gasteiger partial charge in [-0.05, 0) is 32.1 Å². The van der Waals surface area contributed by atoms with Gasteiger partial charge in [0.1, 0.15) is 0 Å². The lowest BCUT2D eigenvalue weighted by Crippen LogP contribution is -2.41. The highest BCUT2D eigenvalue weighted by molar-refractivity contribution is 5.80. The number of carboxylic acids is 1. The molecule has 1 atom stereocenters. The molecule has 1 aliphatic carbocycles. The molecule has 0 bridgehead atoms. The molecule has 2 fully saturated rings. The lowest BCUT2D eigenvalue weighted by atomic mass is 9.81. The van der Waals surface area contributed by atoms with Gasteiger partial charge in [0.05, 0.1) is 19.1 Å². The van der Waals surface area contributed by atoms with Gasteiger partial charge in [0.15, 0.2) is 0 Å². The van der Waals surface area contributed by atoms with E-state index < -0.39 is 12.1 Å². The normalized spacial score (nSPS) is 29.0. The Hall–Kier alpha value is -1.79. The Labute approximate surface area is 123 Å². The van der Waals surface area contributed by atoms with Gasteiger partial charge in [0, 0.05) is 19.0 Å². The third-order valence-corrected chi connectivity index (χ3v) is 4.43. The van der Waals surface area contributed by atoms with Crippen LogP contribution in [0.3, 0.4) is 0 Å². The van der Waals surface area contributed by atoms with Crippen molar-refractivity contribution < 1.29 is 24.2 Å². The number of carbonyl (C=O) groups excluding carboxylic acids is 2. The summed E-state index contributed by atoms with van der Waals surface area (Å²) in [5, 5.41) is 11.7. The van der Waals surface area contributed by atoms with Crippen molar-refractivity contribution in [3.63, 3.8) is 0 Å². The zero-order chi connectivity index (χ0) is 15.4. The van der Waals surface area contributed by atoms with Crippen LogP contribution in [0.2, 0.25) is 0 Å². The number of likely N-dealkylation sites (tertiary alicyclic amines) is 1. The predicted octanol–water partition coefficient (Wildman–Crippen LogP) is 0.834. The SMILES string of the molecule is COC(=O)NC1CCN(C(=O)C2CCC(C(=O)O)CC2)C1. The topological polar surface area (TPSA) is 95.9 Å². The minimum atomic E-state index is -0.760. The smallest absolute Gasteiger partial charge is 0.407 e. The molecule has 1 aliphatic heterocycles. The van der Waals surface area contributed by atoms with Crippen LogP contribution in [0, 0.1) is 11.8 Å². The number of hydrogen-bond donors (Lipinski definition) is 2. The monoisotopic (exact) mass is 298 g/mol. The Morgan fingerprint density at radius 2 is 1.71 bits per heavy atom. The Morgan fingerprint density at radius 3 is 2.29 bits per heavy atom. The van der Waals surface area contributed by atoms with Crippen molar-refractivity contribution in [2.45, 2.75) is 38.1 Å². The van der Waals surface area contributed by atoms with E-state index in [1.54, 1.807) is 4.90 Å². The first kappa shape index (κ1) is 15.6. The van der Waals surface area contributed by atoms with Crippen molar-refractivity contribution in [1.82, 2.24) is 10.2 Å². The molecule has 2 amide bonds. The highest BCUT2D eigenvalue weighted by Gasteiger charge is 2.35. The third-order valence-electron chi connectivity index (χ3n) is 4.43. The number of ether oxygens (including phenoxy) is 1. The van der Waals surface area contributed by atoms with Gasteiger partial charge in [-0.1, -0.05) is 0 Å². The van der Waals surface area contributed by atoms with E-state index in [0.717, 1.165) is 6.42 Å². The molecule has 0 radical (unpaired) electrons. The minimum Gasteiger partial charge on any atom is -0.481 e. The molecule has 1 saturated carbocycles. The number of amides is 2. The molecular weight excluding hydrogens is 276 g/mol. The van der Waals surface area contributed by atoms with Crippen LogP contribution in [0.4, 0.5) is 4.79 Å². The fourth-order valence-electron chi connectivity index (χ4n) is 3.15. The first-order chi connectivity index (χ1) is 10.0. The number of methoxy groups -OCH3 is 1. The van der Waals surface area contributed by atoms with Gasteiger partial charge in [0.25, 0.3) is 0 Å². The summed E-state index contributed by atoms with van der Waals surface area (Å²) in [6.07, 6.45) is 2.68. The molecule has 0 aromatic rings. The number of hydrogen-bond acceptors (Lipinski definition) is 4. The number of aliphatic carboxylic acids is 1. The van der Waals surface area contributed by atoms with E-state index in [-0.39, 0.29) is 23.8 Å². The van der Waals surface area contributed by atoms with E-state index in [1.807, 2.05) is 0 Å². The number of carbonyl (C=O) groups is 3. The lowest BCUT2D eigenvalue weighted by Gasteiger charge is -2.28. The second-order valence-corrected chi connectivity index (χ2v) is 5.79. The molecule has 2 aliphatic rings. The maximum absolute atomic E-state index is 12.4. The summed E-state index contributed by atoms with van der Waals surface area (Å²) in [6.45, 7) is 1.14. The van der Waals surface area contributed by atoms with Gasteiger partial charge in [-0.15, -0.1) is 0 Å². The Balaban J connectivity index is 1.80. The van der Waals surface area contributed by atoms with Crippen molar-refractivity contribution in [2.75, 3.05) is 20.2 Å². The molecule has 2 N–H and O–H groups in total. The number of carboxylic acid groups (broad SMARTS) is 1. The number of alkyl carbamates (subject to hydrolysis) is 1.